The molecule has 0 amide bonds. The highest BCUT2D eigenvalue weighted by atomic mass is 35.5. The lowest BCUT2D eigenvalue weighted by Gasteiger charge is -2.13. The van der Waals surface area contributed by atoms with Gasteiger partial charge in [-0.1, -0.05) is 36.7 Å². The molecule has 0 aromatic heterocycles. The van der Waals surface area contributed by atoms with Crippen molar-refractivity contribution in [2.75, 3.05) is 0 Å². The summed E-state index contributed by atoms with van der Waals surface area (Å²) < 4.78 is 0. The fourth-order valence-corrected chi connectivity index (χ4v) is 2.87. The Morgan fingerprint density at radius 2 is 2.19 bits per heavy atom. The summed E-state index contributed by atoms with van der Waals surface area (Å²) >= 11 is 7.89. The predicted molar refractivity (Wildman–Crippen MR) is 73.4 cm³/mol. The van der Waals surface area contributed by atoms with Gasteiger partial charge in [0.2, 0.25) is 0 Å². The van der Waals surface area contributed by atoms with E-state index >= 15 is 0 Å². The minimum atomic E-state index is 0.263. The molecule has 1 unspecified atom stereocenters. The number of hydrogen-bond donors (Lipinski definition) is 2. The summed E-state index contributed by atoms with van der Waals surface area (Å²) in [6, 6.07) is 7.87. The quantitative estimate of drug-likeness (QED) is 0.603. The van der Waals surface area contributed by atoms with E-state index < -0.39 is 0 Å². The van der Waals surface area contributed by atoms with Crippen LogP contribution in [0, 0.1) is 5.41 Å². The molecule has 0 radical (unpaired) electrons. The van der Waals surface area contributed by atoms with E-state index in [1.165, 1.54) is 0 Å². The van der Waals surface area contributed by atoms with E-state index in [2.05, 4.69) is 6.92 Å². The first-order valence-corrected chi connectivity index (χ1v) is 6.74. The van der Waals surface area contributed by atoms with Gasteiger partial charge in [-0.05, 0) is 18.1 Å². The predicted octanol–water partition coefficient (Wildman–Crippen LogP) is 3.68. The molecule has 0 aliphatic heterocycles. The highest BCUT2D eigenvalue weighted by molar-refractivity contribution is 7.99. The summed E-state index contributed by atoms with van der Waals surface area (Å²) in [7, 11) is 0. The number of hydrogen-bond acceptors (Lipinski definition) is 2. The van der Waals surface area contributed by atoms with Gasteiger partial charge >= 0.3 is 0 Å². The van der Waals surface area contributed by atoms with Crippen molar-refractivity contribution in [1.82, 2.24) is 0 Å². The lowest BCUT2D eigenvalue weighted by molar-refractivity contribution is 0.848. The maximum atomic E-state index is 7.29. The smallest absolute Gasteiger partial charge is 0.0916 e. The molecule has 0 fully saturated rings. The molecule has 0 heterocycles. The molecule has 1 rings (SSSR count). The van der Waals surface area contributed by atoms with Gasteiger partial charge < -0.3 is 5.73 Å². The third kappa shape index (κ3) is 4.45. The van der Waals surface area contributed by atoms with Crippen molar-refractivity contribution >= 4 is 29.2 Å². The molecule has 0 aliphatic rings. The van der Waals surface area contributed by atoms with E-state index in [9.17, 15) is 0 Å². The molecule has 1 aromatic carbocycles. The Kier molecular flexibility index (Phi) is 5.71. The number of nitrogens with one attached hydrogen (secondary N) is 1. The van der Waals surface area contributed by atoms with E-state index in [0.717, 1.165) is 22.8 Å². The SMILES string of the molecule is CCC(CC(=N)N)SCc1ccccc1Cl. The van der Waals surface area contributed by atoms with Crippen LogP contribution >= 0.6 is 23.4 Å². The summed E-state index contributed by atoms with van der Waals surface area (Å²) in [6.07, 6.45) is 1.68. The largest absolute Gasteiger partial charge is 0.388 e. The van der Waals surface area contributed by atoms with Crippen LogP contribution in [0.1, 0.15) is 25.3 Å². The van der Waals surface area contributed by atoms with Crippen molar-refractivity contribution in [2.24, 2.45) is 5.73 Å². The summed E-state index contributed by atoms with van der Waals surface area (Å²) in [5.41, 5.74) is 6.56. The van der Waals surface area contributed by atoms with Crippen LogP contribution in [-0.4, -0.2) is 11.1 Å². The Balaban J connectivity index is 2.49. The van der Waals surface area contributed by atoms with Gasteiger partial charge in [0.1, 0.15) is 0 Å². The van der Waals surface area contributed by atoms with Crippen LogP contribution in [0.25, 0.3) is 0 Å². The van der Waals surface area contributed by atoms with Crippen LogP contribution in [-0.2, 0) is 5.75 Å². The first-order valence-electron chi connectivity index (χ1n) is 5.31. The number of nitrogens with two attached hydrogens (primary N) is 1. The van der Waals surface area contributed by atoms with Crippen LogP contribution in [0.2, 0.25) is 5.02 Å². The van der Waals surface area contributed by atoms with Crippen molar-refractivity contribution in [3.63, 3.8) is 0 Å². The normalized spacial score (nSPS) is 12.4. The maximum Gasteiger partial charge on any atom is 0.0916 e. The molecule has 0 saturated heterocycles. The lowest BCUT2D eigenvalue weighted by atomic mass is 10.2. The number of thioether (sulfide) groups is 1. The third-order valence-electron chi connectivity index (χ3n) is 2.34. The van der Waals surface area contributed by atoms with Gasteiger partial charge in [0.15, 0.2) is 0 Å². The molecule has 4 heteroatoms. The molecule has 0 aliphatic carbocycles. The number of benzene rings is 1. The second-order valence-electron chi connectivity index (χ2n) is 3.66. The van der Waals surface area contributed by atoms with Crippen LogP contribution in [0.5, 0.6) is 0 Å². The van der Waals surface area contributed by atoms with Gasteiger partial charge in [-0.3, -0.25) is 5.41 Å². The van der Waals surface area contributed by atoms with Crippen LogP contribution in [0.3, 0.4) is 0 Å². The van der Waals surface area contributed by atoms with Gasteiger partial charge in [-0.25, -0.2) is 0 Å². The van der Waals surface area contributed by atoms with E-state index in [0.29, 0.717) is 11.7 Å². The highest BCUT2D eigenvalue weighted by Crippen LogP contribution is 2.26. The maximum absolute atomic E-state index is 7.29. The van der Waals surface area contributed by atoms with Crippen molar-refractivity contribution < 1.29 is 0 Å². The summed E-state index contributed by atoms with van der Waals surface area (Å²) in [6.45, 7) is 2.12. The molecular weight excluding hydrogens is 240 g/mol. The molecule has 1 aromatic rings. The molecule has 3 N–H and O–H groups in total. The topological polar surface area (TPSA) is 49.9 Å². The van der Waals surface area contributed by atoms with Crippen molar-refractivity contribution in [3.8, 4) is 0 Å². The molecule has 1 atom stereocenters. The van der Waals surface area contributed by atoms with Gasteiger partial charge in [0.25, 0.3) is 0 Å². The number of rotatable bonds is 6. The van der Waals surface area contributed by atoms with Crippen LogP contribution < -0.4 is 5.73 Å². The van der Waals surface area contributed by atoms with Crippen LogP contribution in [0.15, 0.2) is 24.3 Å². The van der Waals surface area contributed by atoms with E-state index in [1.54, 1.807) is 0 Å². The fraction of sp³-hybridized carbons (Fsp3) is 0.417. The zero-order chi connectivity index (χ0) is 12.0. The first kappa shape index (κ1) is 13.4. The zero-order valence-corrected chi connectivity index (χ0v) is 10.9. The Morgan fingerprint density at radius 3 is 2.75 bits per heavy atom. The monoisotopic (exact) mass is 256 g/mol. The van der Waals surface area contributed by atoms with Gasteiger partial charge in [0, 0.05) is 22.4 Å². The molecule has 0 bridgehead atoms. The molecule has 0 spiro atoms. The van der Waals surface area contributed by atoms with Gasteiger partial charge in [-0.2, -0.15) is 11.8 Å². The van der Waals surface area contributed by atoms with E-state index in [-0.39, 0.29) is 5.84 Å². The van der Waals surface area contributed by atoms with Crippen LogP contribution in [0.4, 0.5) is 0 Å². The molecule has 88 valence electrons. The number of amidine groups is 1. The van der Waals surface area contributed by atoms with Gasteiger partial charge in [-0.15, -0.1) is 0 Å². The average Bonchev–Trinajstić information content (AvgIpc) is 2.25. The molecule has 2 nitrogen and oxygen atoms in total. The third-order valence-corrected chi connectivity index (χ3v) is 4.15. The Labute approximate surface area is 106 Å². The zero-order valence-electron chi connectivity index (χ0n) is 9.37. The van der Waals surface area contributed by atoms with Gasteiger partial charge in [0.05, 0.1) is 5.84 Å². The minimum absolute atomic E-state index is 0.263. The number of halogens is 1. The first-order chi connectivity index (χ1) is 7.63. The Bertz CT molecular complexity index is 355. The summed E-state index contributed by atoms with van der Waals surface area (Å²) in [4.78, 5) is 0. The molecular formula is C12H17ClN2S. The van der Waals surface area contributed by atoms with E-state index in [4.69, 9.17) is 22.7 Å². The van der Waals surface area contributed by atoms with Crippen molar-refractivity contribution in [3.05, 3.63) is 34.9 Å². The van der Waals surface area contributed by atoms with Crippen molar-refractivity contribution in [2.45, 2.75) is 30.8 Å². The Hall–Kier alpha value is -0.670. The van der Waals surface area contributed by atoms with E-state index in [1.807, 2.05) is 36.0 Å². The molecule has 0 saturated carbocycles. The second kappa shape index (κ2) is 6.81. The Morgan fingerprint density at radius 1 is 1.50 bits per heavy atom. The summed E-state index contributed by atoms with van der Waals surface area (Å²) in [5, 5.41) is 8.52. The molecule has 16 heavy (non-hydrogen) atoms. The highest BCUT2D eigenvalue weighted by Gasteiger charge is 2.09. The lowest BCUT2D eigenvalue weighted by Crippen LogP contribution is -2.16. The second-order valence-corrected chi connectivity index (χ2v) is 5.36. The minimum Gasteiger partial charge on any atom is -0.388 e. The summed E-state index contributed by atoms with van der Waals surface area (Å²) in [5.74, 6) is 1.14. The standard InChI is InChI=1S/C12H17ClN2S/c1-2-10(7-12(14)15)16-8-9-5-3-4-6-11(9)13/h3-6,10H,2,7-8H2,1H3,(H3,14,15). The van der Waals surface area contributed by atoms with Crippen molar-refractivity contribution in [1.29, 1.82) is 5.41 Å². The average molecular weight is 257 g/mol. The fourth-order valence-electron chi connectivity index (χ4n) is 1.39.